The molecule has 2 rings (SSSR count). The molecule has 2 aromatic rings. The first-order chi connectivity index (χ1) is 7.58. The van der Waals surface area contributed by atoms with E-state index >= 15 is 0 Å². The van der Waals surface area contributed by atoms with Gasteiger partial charge in [-0.05, 0) is 26.0 Å². The van der Waals surface area contributed by atoms with Gasteiger partial charge in [-0.15, -0.1) is 10.2 Å². The van der Waals surface area contributed by atoms with Gasteiger partial charge in [0.1, 0.15) is 5.82 Å². The topological polar surface area (TPSA) is 38.9 Å². The lowest BCUT2D eigenvalue weighted by Gasteiger charge is -1.99. The highest BCUT2D eigenvalue weighted by molar-refractivity contribution is 9.09. The molecular formula is C11H10BrFN2O. The Labute approximate surface area is 101 Å². The number of aryl methyl sites for hydroxylation is 1. The van der Waals surface area contributed by atoms with Crippen molar-refractivity contribution >= 4 is 15.9 Å². The minimum atomic E-state index is -0.358. The average Bonchev–Trinajstić information content (AvgIpc) is 2.70. The van der Waals surface area contributed by atoms with Crippen LogP contribution in [-0.4, -0.2) is 10.2 Å². The number of hydrogen-bond donors (Lipinski definition) is 0. The molecule has 0 saturated carbocycles. The monoisotopic (exact) mass is 284 g/mol. The summed E-state index contributed by atoms with van der Waals surface area (Å²) in [6.45, 7) is 3.75. The summed E-state index contributed by atoms with van der Waals surface area (Å²) in [5.41, 5.74) is 1.29. The van der Waals surface area contributed by atoms with Crippen LogP contribution in [0.15, 0.2) is 22.6 Å². The summed E-state index contributed by atoms with van der Waals surface area (Å²) < 4.78 is 18.9. The molecule has 0 aliphatic heterocycles. The predicted molar refractivity (Wildman–Crippen MR) is 61.8 cm³/mol. The van der Waals surface area contributed by atoms with E-state index < -0.39 is 0 Å². The minimum Gasteiger partial charge on any atom is -0.419 e. The molecule has 1 heterocycles. The lowest BCUT2D eigenvalue weighted by Crippen LogP contribution is -1.85. The van der Waals surface area contributed by atoms with E-state index in [1.165, 1.54) is 6.07 Å². The molecule has 0 amide bonds. The Balaban J connectivity index is 2.46. The van der Waals surface area contributed by atoms with Crippen LogP contribution in [0.4, 0.5) is 4.39 Å². The van der Waals surface area contributed by atoms with E-state index in [4.69, 9.17) is 4.42 Å². The van der Waals surface area contributed by atoms with Crippen molar-refractivity contribution in [3.8, 4) is 11.5 Å². The van der Waals surface area contributed by atoms with E-state index in [0.29, 0.717) is 11.5 Å². The van der Waals surface area contributed by atoms with E-state index in [0.717, 1.165) is 5.56 Å². The van der Waals surface area contributed by atoms with Crippen molar-refractivity contribution in [2.45, 2.75) is 18.7 Å². The molecule has 0 radical (unpaired) electrons. The van der Waals surface area contributed by atoms with Crippen molar-refractivity contribution in [3.05, 3.63) is 35.5 Å². The standard InChI is InChI=1S/C11H10BrFN2O/c1-6-3-4-9(13)8(5-6)11-15-14-10(16-11)7(2)12/h3-5,7H,1-2H3. The van der Waals surface area contributed by atoms with Crippen molar-refractivity contribution in [2.24, 2.45) is 0 Å². The molecular weight excluding hydrogens is 275 g/mol. The summed E-state index contributed by atoms with van der Waals surface area (Å²) in [5, 5.41) is 7.66. The van der Waals surface area contributed by atoms with E-state index in [9.17, 15) is 4.39 Å². The minimum absolute atomic E-state index is 0.0402. The molecule has 0 fully saturated rings. The summed E-state index contributed by atoms with van der Waals surface area (Å²) in [6, 6.07) is 4.78. The van der Waals surface area contributed by atoms with Gasteiger partial charge in [-0.25, -0.2) is 4.39 Å². The highest BCUT2D eigenvalue weighted by Crippen LogP contribution is 2.26. The first kappa shape index (κ1) is 11.3. The molecule has 16 heavy (non-hydrogen) atoms. The number of halogens is 2. The number of rotatable bonds is 2. The second kappa shape index (κ2) is 4.33. The van der Waals surface area contributed by atoms with Crippen LogP contribution in [0.2, 0.25) is 0 Å². The Morgan fingerprint density at radius 2 is 2.12 bits per heavy atom. The molecule has 1 atom stereocenters. The van der Waals surface area contributed by atoms with E-state index in [1.54, 1.807) is 12.1 Å². The zero-order valence-corrected chi connectivity index (χ0v) is 10.5. The Kier molecular flexibility index (Phi) is 3.05. The molecule has 5 heteroatoms. The zero-order valence-electron chi connectivity index (χ0n) is 8.87. The molecule has 1 aromatic heterocycles. The maximum atomic E-state index is 13.5. The number of aromatic nitrogens is 2. The van der Waals surface area contributed by atoms with Crippen molar-refractivity contribution in [1.82, 2.24) is 10.2 Å². The summed E-state index contributed by atoms with van der Waals surface area (Å²) in [4.78, 5) is -0.0402. The average molecular weight is 285 g/mol. The van der Waals surface area contributed by atoms with Crippen LogP contribution in [-0.2, 0) is 0 Å². The van der Waals surface area contributed by atoms with Crippen molar-refractivity contribution in [1.29, 1.82) is 0 Å². The summed E-state index contributed by atoms with van der Waals surface area (Å²) in [6.07, 6.45) is 0. The second-order valence-corrected chi connectivity index (χ2v) is 4.92. The van der Waals surface area contributed by atoms with Gasteiger partial charge in [-0.1, -0.05) is 27.6 Å². The van der Waals surface area contributed by atoms with Gasteiger partial charge in [0, 0.05) is 0 Å². The first-order valence-corrected chi connectivity index (χ1v) is 5.73. The van der Waals surface area contributed by atoms with Crippen molar-refractivity contribution < 1.29 is 8.81 Å². The Bertz CT molecular complexity index is 510. The fourth-order valence-electron chi connectivity index (χ4n) is 1.31. The third-order valence-electron chi connectivity index (χ3n) is 2.13. The predicted octanol–water partition coefficient (Wildman–Crippen LogP) is 3.64. The van der Waals surface area contributed by atoms with Crippen LogP contribution >= 0.6 is 15.9 Å². The highest BCUT2D eigenvalue weighted by Gasteiger charge is 2.15. The van der Waals surface area contributed by atoms with Gasteiger partial charge in [0.05, 0.1) is 10.4 Å². The Hall–Kier alpha value is -1.23. The largest absolute Gasteiger partial charge is 0.419 e. The van der Waals surface area contributed by atoms with Crippen LogP contribution in [0.25, 0.3) is 11.5 Å². The molecule has 1 aromatic carbocycles. The summed E-state index contributed by atoms with van der Waals surface area (Å²) >= 11 is 3.31. The Morgan fingerprint density at radius 1 is 1.38 bits per heavy atom. The van der Waals surface area contributed by atoms with Gasteiger partial charge in [-0.3, -0.25) is 0 Å². The first-order valence-electron chi connectivity index (χ1n) is 4.82. The highest BCUT2D eigenvalue weighted by atomic mass is 79.9. The molecule has 0 aliphatic rings. The SMILES string of the molecule is Cc1ccc(F)c(-c2nnc(C(C)Br)o2)c1. The van der Waals surface area contributed by atoms with E-state index in [2.05, 4.69) is 26.1 Å². The van der Waals surface area contributed by atoms with Gasteiger partial charge in [0.25, 0.3) is 5.89 Å². The molecule has 0 N–H and O–H groups in total. The normalized spacial score (nSPS) is 12.8. The number of alkyl halides is 1. The van der Waals surface area contributed by atoms with Gasteiger partial charge in [0.15, 0.2) is 0 Å². The second-order valence-electron chi connectivity index (χ2n) is 3.54. The molecule has 0 saturated heterocycles. The van der Waals surface area contributed by atoms with Gasteiger partial charge in [0.2, 0.25) is 5.89 Å². The molecule has 3 nitrogen and oxygen atoms in total. The lowest BCUT2D eigenvalue weighted by molar-refractivity contribution is 0.506. The van der Waals surface area contributed by atoms with E-state index in [1.807, 2.05) is 13.8 Å². The molecule has 0 aliphatic carbocycles. The summed E-state index contributed by atoms with van der Waals surface area (Å²) in [5.74, 6) is 0.293. The van der Waals surface area contributed by atoms with Gasteiger partial charge >= 0.3 is 0 Å². The lowest BCUT2D eigenvalue weighted by atomic mass is 10.1. The number of nitrogens with zero attached hydrogens (tertiary/aromatic N) is 2. The van der Waals surface area contributed by atoms with Crippen LogP contribution in [0, 0.1) is 12.7 Å². The van der Waals surface area contributed by atoms with Crippen LogP contribution in [0.1, 0.15) is 23.2 Å². The van der Waals surface area contributed by atoms with Crippen LogP contribution in [0.3, 0.4) is 0 Å². The maximum Gasteiger partial charge on any atom is 0.250 e. The molecule has 1 unspecified atom stereocenters. The van der Waals surface area contributed by atoms with Crippen molar-refractivity contribution in [3.63, 3.8) is 0 Å². The molecule has 0 spiro atoms. The van der Waals surface area contributed by atoms with Crippen LogP contribution < -0.4 is 0 Å². The van der Waals surface area contributed by atoms with Crippen LogP contribution in [0.5, 0.6) is 0 Å². The van der Waals surface area contributed by atoms with Crippen molar-refractivity contribution in [2.75, 3.05) is 0 Å². The fraction of sp³-hybridized carbons (Fsp3) is 0.273. The van der Waals surface area contributed by atoms with E-state index in [-0.39, 0.29) is 16.5 Å². The fourth-order valence-corrected chi connectivity index (χ4v) is 1.49. The zero-order chi connectivity index (χ0) is 11.7. The quantitative estimate of drug-likeness (QED) is 0.791. The third kappa shape index (κ3) is 2.14. The molecule has 84 valence electrons. The smallest absolute Gasteiger partial charge is 0.250 e. The number of hydrogen-bond acceptors (Lipinski definition) is 3. The Morgan fingerprint density at radius 3 is 2.75 bits per heavy atom. The summed E-state index contributed by atoms with van der Waals surface area (Å²) in [7, 11) is 0. The van der Waals surface area contributed by atoms with Gasteiger partial charge in [-0.2, -0.15) is 0 Å². The number of benzene rings is 1. The molecule has 0 bridgehead atoms. The maximum absolute atomic E-state index is 13.5. The van der Waals surface area contributed by atoms with Gasteiger partial charge < -0.3 is 4.42 Å². The third-order valence-corrected chi connectivity index (χ3v) is 2.52.